The third kappa shape index (κ3) is 2.86. The topological polar surface area (TPSA) is 40.6 Å². The summed E-state index contributed by atoms with van der Waals surface area (Å²) in [4.78, 5) is 4.53. The average molecular weight is 311 g/mol. The number of nitrogens with zero attached hydrogens (tertiary/aromatic N) is 1. The van der Waals surface area contributed by atoms with E-state index < -0.39 is 7.12 Å². The van der Waals surface area contributed by atoms with Gasteiger partial charge in [0.05, 0.1) is 23.9 Å². The SMILES string of the molecule is COc1cccc(-c2cccnc2B2OC(C)(C)C(C)(C)O2)c1. The lowest BCUT2D eigenvalue weighted by Gasteiger charge is -2.32. The van der Waals surface area contributed by atoms with Crippen molar-refractivity contribution in [1.29, 1.82) is 0 Å². The summed E-state index contributed by atoms with van der Waals surface area (Å²) in [5, 5.41) is 0. The largest absolute Gasteiger partial charge is 0.515 e. The Morgan fingerprint density at radius 1 is 1.00 bits per heavy atom. The van der Waals surface area contributed by atoms with Gasteiger partial charge in [0.25, 0.3) is 0 Å². The Balaban J connectivity index is 2.02. The second-order valence-corrected chi connectivity index (χ2v) is 6.76. The molecule has 1 aromatic heterocycles. The molecule has 1 aliphatic heterocycles. The first kappa shape index (κ1) is 16.0. The van der Waals surface area contributed by atoms with Crippen molar-refractivity contribution in [2.24, 2.45) is 0 Å². The molecule has 0 spiro atoms. The van der Waals surface area contributed by atoms with Crippen LogP contribution in [0.2, 0.25) is 0 Å². The van der Waals surface area contributed by atoms with Gasteiger partial charge < -0.3 is 14.0 Å². The predicted octanol–water partition coefficient (Wildman–Crippen LogP) is 3.06. The van der Waals surface area contributed by atoms with Gasteiger partial charge in [-0.1, -0.05) is 18.2 Å². The van der Waals surface area contributed by atoms with Gasteiger partial charge in [-0.2, -0.15) is 0 Å². The molecule has 4 nitrogen and oxygen atoms in total. The normalized spacial score (nSPS) is 18.9. The van der Waals surface area contributed by atoms with Crippen LogP contribution in [0, 0.1) is 0 Å². The van der Waals surface area contributed by atoms with Crippen LogP contribution in [0.25, 0.3) is 11.1 Å². The molecule has 1 aromatic carbocycles. The Morgan fingerprint density at radius 2 is 1.70 bits per heavy atom. The van der Waals surface area contributed by atoms with Crippen molar-refractivity contribution in [2.45, 2.75) is 38.9 Å². The number of aromatic nitrogens is 1. The van der Waals surface area contributed by atoms with E-state index in [2.05, 4.69) is 4.98 Å². The molecule has 2 aromatic rings. The van der Waals surface area contributed by atoms with Gasteiger partial charge in [0.2, 0.25) is 0 Å². The first-order valence-electron chi connectivity index (χ1n) is 7.79. The lowest BCUT2D eigenvalue weighted by Crippen LogP contribution is -2.41. The Bertz CT molecular complexity index is 699. The molecule has 3 rings (SSSR count). The number of ether oxygens (including phenoxy) is 1. The van der Waals surface area contributed by atoms with Crippen LogP contribution in [0.5, 0.6) is 5.75 Å². The van der Waals surface area contributed by atoms with Gasteiger partial charge in [-0.05, 0) is 57.0 Å². The second kappa shape index (κ2) is 5.66. The van der Waals surface area contributed by atoms with Crippen LogP contribution in [-0.2, 0) is 9.31 Å². The molecule has 23 heavy (non-hydrogen) atoms. The zero-order valence-electron chi connectivity index (χ0n) is 14.3. The minimum Gasteiger partial charge on any atom is -0.497 e. The van der Waals surface area contributed by atoms with Crippen molar-refractivity contribution in [2.75, 3.05) is 7.11 Å². The van der Waals surface area contributed by atoms with Crippen LogP contribution in [0.4, 0.5) is 0 Å². The molecule has 0 radical (unpaired) electrons. The third-order valence-electron chi connectivity index (χ3n) is 4.70. The fourth-order valence-electron chi connectivity index (χ4n) is 2.59. The summed E-state index contributed by atoms with van der Waals surface area (Å²) in [6, 6.07) is 11.9. The highest BCUT2D eigenvalue weighted by atomic mass is 16.7. The molecule has 0 unspecified atom stereocenters. The van der Waals surface area contributed by atoms with Gasteiger partial charge in [-0.15, -0.1) is 0 Å². The van der Waals surface area contributed by atoms with Crippen molar-refractivity contribution in [3.05, 3.63) is 42.6 Å². The zero-order chi connectivity index (χ0) is 16.7. The van der Waals surface area contributed by atoms with Crippen LogP contribution in [-0.4, -0.2) is 30.4 Å². The highest BCUT2D eigenvalue weighted by Crippen LogP contribution is 2.37. The first-order chi connectivity index (χ1) is 10.8. The fourth-order valence-corrected chi connectivity index (χ4v) is 2.59. The van der Waals surface area contributed by atoms with E-state index in [1.54, 1.807) is 13.3 Å². The molecular weight excluding hydrogens is 289 g/mol. The van der Waals surface area contributed by atoms with Crippen LogP contribution >= 0.6 is 0 Å². The molecule has 0 N–H and O–H groups in total. The Labute approximate surface area is 137 Å². The van der Waals surface area contributed by atoms with Gasteiger partial charge in [-0.25, -0.2) is 0 Å². The molecule has 1 aliphatic rings. The summed E-state index contributed by atoms with van der Waals surface area (Å²) < 4.78 is 17.6. The third-order valence-corrected chi connectivity index (χ3v) is 4.70. The van der Waals surface area contributed by atoms with Crippen LogP contribution in [0.1, 0.15) is 27.7 Å². The molecule has 5 heteroatoms. The molecule has 2 heterocycles. The zero-order valence-corrected chi connectivity index (χ0v) is 14.3. The van der Waals surface area contributed by atoms with E-state index in [-0.39, 0.29) is 11.2 Å². The maximum absolute atomic E-state index is 6.15. The molecule has 1 fully saturated rings. The van der Waals surface area contributed by atoms with Crippen molar-refractivity contribution < 1.29 is 14.0 Å². The fraction of sp³-hybridized carbons (Fsp3) is 0.389. The highest BCUT2D eigenvalue weighted by Gasteiger charge is 2.52. The number of rotatable bonds is 3. The van der Waals surface area contributed by atoms with Crippen LogP contribution in [0.15, 0.2) is 42.6 Å². The van der Waals surface area contributed by atoms with Gasteiger partial charge in [0.15, 0.2) is 0 Å². The number of hydrogen-bond donors (Lipinski definition) is 0. The molecule has 0 aliphatic carbocycles. The number of pyridine rings is 1. The van der Waals surface area contributed by atoms with Crippen LogP contribution in [0.3, 0.4) is 0 Å². The number of benzene rings is 1. The summed E-state index contributed by atoms with van der Waals surface area (Å²) >= 11 is 0. The molecular formula is C18H22BNO3. The van der Waals surface area contributed by atoms with Gasteiger partial charge in [0, 0.05) is 6.20 Å². The van der Waals surface area contributed by atoms with Crippen molar-refractivity contribution in [1.82, 2.24) is 4.98 Å². The van der Waals surface area contributed by atoms with Crippen molar-refractivity contribution in [3.8, 4) is 16.9 Å². The summed E-state index contributed by atoms with van der Waals surface area (Å²) in [5.41, 5.74) is 2.04. The van der Waals surface area contributed by atoms with Gasteiger partial charge in [0.1, 0.15) is 5.75 Å². The van der Waals surface area contributed by atoms with Crippen LogP contribution < -0.4 is 10.3 Å². The number of methoxy groups -OCH3 is 1. The smallest absolute Gasteiger partial charge is 0.497 e. The second-order valence-electron chi connectivity index (χ2n) is 6.76. The average Bonchev–Trinajstić information content (AvgIpc) is 2.75. The Hall–Kier alpha value is -1.85. The molecule has 1 saturated heterocycles. The number of hydrogen-bond acceptors (Lipinski definition) is 4. The predicted molar refractivity (Wildman–Crippen MR) is 91.9 cm³/mol. The molecule has 0 atom stereocenters. The molecule has 0 saturated carbocycles. The molecule has 120 valence electrons. The quantitative estimate of drug-likeness (QED) is 0.817. The van der Waals surface area contributed by atoms with E-state index in [4.69, 9.17) is 14.0 Å². The Morgan fingerprint density at radius 3 is 2.35 bits per heavy atom. The summed E-state index contributed by atoms with van der Waals surface area (Å²) in [5.74, 6) is 0.811. The van der Waals surface area contributed by atoms with Gasteiger partial charge in [-0.3, -0.25) is 4.98 Å². The standard InChI is InChI=1S/C18H22BNO3/c1-17(2)18(3,4)23-19(22-17)16-15(10-7-11-20-16)13-8-6-9-14(12-13)21-5/h6-12H,1-5H3. The summed E-state index contributed by atoms with van der Waals surface area (Å²) in [6.07, 6.45) is 1.77. The van der Waals surface area contributed by atoms with E-state index in [1.807, 2.05) is 64.1 Å². The van der Waals surface area contributed by atoms with E-state index in [1.165, 1.54) is 0 Å². The van der Waals surface area contributed by atoms with E-state index in [0.29, 0.717) is 0 Å². The minimum atomic E-state index is -0.484. The first-order valence-corrected chi connectivity index (χ1v) is 7.79. The molecule has 0 bridgehead atoms. The lowest BCUT2D eigenvalue weighted by molar-refractivity contribution is 0.00578. The monoisotopic (exact) mass is 311 g/mol. The summed E-state index contributed by atoms with van der Waals surface area (Å²) in [6.45, 7) is 8.17. The Kier molecular flexibility index (Phi) is 3.94. The lowest BCUT2D eigenvalue weighted by atomic mass is 9.79. The maximum atomic E-state index is 6.15. The highest BCUT2D eigenvalue weighted by molar-refractivity contribution is 6.62. The van der Waals surface area contributed by atoms with Crippen molar-refractivity contribution >= 4 is 12.7 Å². The summed E-state index contributed by atoms with van der Waals surface area (Å²) in [7, 11) is 1.18. The molecule has 0 amide bonds. The van der Waals surface area contributed by atoms with E-state index in [9.17, 15) is 0 Å². The minimum absolute atomic E-state index is 0.388. The van der Waals surface area contributed by atoms with Gasteiger partial charge >= 0.3 is 7.12 Å². The maximum Gasteiger partial charge on any atom is 0.515 e. The van der Waals surface area contributed by atoms with E-state index >= 15 is 0 Å². The van der Waals surface area contributed by atoms with E-state index in [0.717, 1.165) is 22.5 Å². The van der Waals surface area contributed by atoms with Crippen molar-refractivity contribution in [3.63, 3.8) is 0 Å².